The van der Waals surface area contributed by atoms with Crippen molar-refractivity contribution < 1.29 is 22.3 Å². The third-order valence-electron chi connectivity index (χ3n) is 5.91. The van der Waals surface area contributed by atoms with E-state index in [0.29, 0.717) is 23.6 Å². The maximum absolute atomic E-state index is 15.1. The highest BCUT2D eigenvalue weighted by Gasteiger charge is 2.27. The molecule has 1 aromatic heterocycles. The minimum Gasteiger partial charge on any atom is -0.492 e. The van der Waals surface area contributed by atoms with Crippen molar-refractivity contribution in [1.29, 1.82) is 0 Å². The van der Waals surface area contributed by atoms with E-state index >= 15 is 4.39 Å². The summed E-state index contributed by atoms with van der Waals surface area (Å²) in [6.07, 6.45) is 3.29. The molecule has 39 heavy (non-hydrogen) atoms. The van der Waals surface area contributed by atoms with Gasteiger partial charge in [0.2, 0.25) is 0 Å². The summed E-state index contributed by atoms with van der Waals surface area (Å²) >= 11 is 0. The van der Waals surface area contributed by atoms with Crippen LogP contribution in [0.3, 0.4) is 0 Å². The molecular weight excluding hydrogens is 517 g/mol. The largest absolute Gasteiger partial charge is 0.492 e. The Kier molecular flexibility index (Phi) is 7.25. The van der Waals surface area contributed by atoms with Crippen LogP contribution in [0.4, 0.5) is 10.1 Å². The van der Waals surface area contributed by atoms with E-state index in [2.05, 4.69) is 10.3 Å². The fourth-order valence-electron chi connectivity index (χ4n) is 4.10. The number of para-hydroxylation sites is 4. The van der Waals surface area contributed by atoms with E-state index in [1.165, 1.54) is 6.07 Å². The van der Waals surface area contributed by atoms with Crippen molar-refractivity contribution in [3.8, 4) is 5.75 Å². The summed E-state index contributed by atoms with van der Waals surface area (Å²) in [5.74, 6) is -1.04. The lowest BCUT2D eigenvalue weighted by Crippen LogP contribution is -2.18. The molecular formula is C30H24FN3O4S. The molecule has 5 aromatic rings. The summed E-state index contributed by atoms with van der Waals surface area (Å²) in [4.78, 5) is 16.9. The SMILES string of the molecule is CCOc1ccccc1NC(=O)c1ccc(F)c(S(=O)(=O)n2c(C=Cc3ccccc3)nc3ccccc32)c1. The van der Waals surface area contributed by atoms with Gasteiger partial charge < -0.3 is 10.1 Å². The van der Waals surface area contributed by atoms with Crippen LogP contribution in [0.1, 0.15) is 28.7 Å². The monoisotopic (exact) mass is 541 g/mol. The van der Waals surface area contributed by atoms with Gasteiger partial charge in [0, 0.05) is 5.56 Å². The average Bonchev–Trinajstić information content (AvgIpc) is 3.33. The van der Waals surface area contributed by atoms with Crippen LogP contribution in [-0.2, 0) is 10.0 Å². The number of anilines is 1. The number of ether oxygens (including phenoxy) is 1. The van der Waals surface area contributed by atoms with Crippen LogP contribution < -0.4 is 10.1 Å². The van der Waals surface area contributed by atoms with Crippen LogP contribution in [0.5, 0.6) is 5.75 Å². The molecule has 0 saturated carbocycles. The first-order valence-corrected chi connectivity index (χ1v) is 13.6. The zero-order valence-corrected chi connectivity index (χ0v) is 21.7. The summed E-state index contributed by atoms with van der Waals surface area (Å²) in [6.45, 7) is 2.21. The summed E-state index contributed by atoms with van der Waals surface area (Å²) in [6, 6.07) is 26.1. The third kappa shape index (κ3) is 5.30. The van der Waals surface area contributed by atoms with Gasteiger partial charge >= 0.3 is 0 Å². The highest BCUT2D eigenvalue weighted by molar-refractivity contribution is 7.90. The van der Waals surface area contributed by atoms with Gasteiger partial charge in [0.15, 0.2) is 0 Å². The molecule has 4 aromatic carbocycles. The number of benzene rings is 4. The highest BCUT2D eigenvalue weighted by Crippen LogP contribution is 2.28. The van der Waals surface area contributed by atoms with Gasteiger partial charge in [-0.15, -0.1) is 0 Å². The molecule has 0 radical (unpaired) electrons. The molecule has 9 heteroatoms. The first-order valence-electron chi connectivity index (χ1n) is 12.2. The average molecular weight is 542 g/mol. The molecule has 0 unspecified atom stereocenters. The van der Waals surface area contributed by atoms with Crippen LogP contribution in [0.2, 0.25) is 0 Å². The number of aromatic nitrogens is 2. The van der Waals surface area contributed by atoms with Gasteiger partial charge in [-0.1, -0.05) is 60.7 Å². The summed E-state index contributed by atoms with van der Waals surface area (Å²) < 4.78 is 49.5. The molecule has 1 N–H and O–H groups in total. The smallest absolute Gasteiger partial charge is 0.272 e. The van der Waals surface area contributed by atoms with E-state index in [1.54, 1.807) is 60.7 Å². The van der Waals surface area contributed by atoms with Gasteiger partial charge in [-0.25, -0.2) is 21.8 Å². The fourth-order valence-corrected chi connectivity index (χ4v) is 5.65. The van der Waals surface area contributed by atoms with Gasteiger partial charge in [0.25, 0.3) is 15.9 Å². The molecule has 0 fully saturated rings. The Labute approximate surface area is 225 Å². The molecule has 1 heterocycles. The lowest BCUT2D eigenvalue weighted by atomic mass is 10.2. The maximum atomic E-state index is 15.1. The Morgan fingerprint density at radius 1 is 0.949 bits per heavy atom. The number of amides is 1. The zero-order valence-electron chi connectivity index (χ0n) is 20.9. The number of nitrogens with zero attached hydrogens (tertiary/aromatic N) is 2. The Balaban J connectivity index is 1.57. The Morgan fingerprint density at radius 2 is 1.67 bits per heavy atom. The van der Waals surface area contributed by atoms with Crippen molar-refractivity contribution in [1.82, 2.24) is 8.96 Å². The minimum absolute atomic E-state index is 0.0351. The topological polar surface area (TPSA) is 90.3 Å². The van der Waals surface area contributed by atoms with Crippen LogP contribution in [0.15, 0.2) is 102 Å². The Bertz CT molecular complexity index is 1800. The maximum Gasteiger partial charge on any atom is 0.272 e. The molecule has 0 aliphatic rings. The third-order valence-corrected chi connectivity index (χ3v) is 7.65. The number of fused-ring (bicyclic) bond motifs is 1. The van der Waals surface area contributed by atoms with Crippen molar-refractivity contribution in [2.45, 2.75) is 11.8 Å². The molecule has 0 spiro atoms. The number of hydrogen-bond acceptors (Lipinski definition) is 5. The fraction of sp³-hybridized carbons (Fsp3) is 0.0667. The number of hydrogen-bond donors (Lipinski definition) is 1. The lowest BCUT2D eigenvalue weighted by molar-refractivity contribution is 0.102. The molecule has 1 amide bonds. The molecule has 196 valence electrons. The standard InChI is InChI=1S/C30H24FN3O4S/c1-2-38-27-15-9-7-13-25(27)33-30(35)22-17-18-23(31)28(20-22)39(36,37)34-26-14-8-6-12-24(26)32-29(34)19-16-21-10-4-3-5-11-21/h3-20H,2H2,1H3,(H,33,35). The van der Waals surface area contributed by atoms with Crippen LogP contribution in [-0.4, -0.2) is 29.9 Å². The first kappa shape index (κ1) is 25.9. The Hall–Kier alpha value is -4.76. The van der Waals surface area contributed by atoms with Gasteiger partial charge in [-0.2, -0.15) is 0 Å². The molecule has 0 bridgehead atoms. The zero-order chi connectivity index (χ0) is 27.4. The Morgan fingerprint density at radius 3 is 2.46 bits per heavy atom. The second kappa shape index (κ2) is 10.9. The predicted molar refractivity (Wildman–Crippen MR) is 150 cm³/mol. The number of carbonyl (C=O) groups is 1. The highest BCUT2D eigenvalue weighted by atomic mass is 32.2. The van der Waals surface area contributed by atoms with Crippen LogP contribution >= 0.6 is 0 Å². The van der Waals surface area contributed by atoms with E-state index in [0.717, 1.165) is 21.7 Å². The van der Waals surface area contributed by atoms with Crippen molar-refractivity contribution in [3.63, 3.8) is 0 Å². The van der Waals surface area contributed by atoms with E-state index in [4.69, 9.17) is 4.74 Å². The van der Waals surface area contributed by atoms with Gasteiger partial charge in [0.1, 0.15) is 22.3 Å². The van der Waals surface area contributed by atoms with E-state index in [1.807, 2.05) is 37.3 Å². The van der Waals surface area contributed by atoms with Crippen molar-refractivity contribution >= 4 is 44.8 Å². The molecule has 7 nitrogen and oxygen atoms in total. The number of imidazole rings is 1. The second-order valence-corrected chi connectivity index (χ2v) is 10.3. The molecule has 5 rings (SSSR count). The quantitative estimate of drug-likeness (QED) is 0.251. The van der Waals surface area contributed by atoms with Crippen molar-refractivity contribution in [2.24, 2.45) is 0 Å². The van der Waals surface area contributed by atoms with Gasteiger partial charge in [-0.3, -0.25) is 4.79 Å². The molecule has 0 aliphatic carbocycles. The summed E-state index contributed by atoms with van der Waals surface area (Å²) in [5, 5.41) is 2.71. The van der Waals surface area contributed by atoms with E-state index < -0.39 is 26.6 Å². The van der Waals surface area contributed by atoms with Gasteiger partial charge in [0.05, 0.1) is 23.3 Å². The number of carbonyl (C=O) groups excluding carboxylic acids is 1. The summed E-state index contributed by atoms with van der Waals surface area (Å²) in [7, 11) is -4.51. The second-order valence-electron chi connectivity index (χ2n) is 8.50. The summed E-state index contributed by atoms with van der Waals surface area (Å²) in [5.41, 5.74) is 1.92. The van der Waals surface area contributed by atoms with Crippen LogP contribution in [0.25, 0.3) is 23.2 Å². The van der Waals surface area contributed by atoms with E-state index in [-0.39, 0.29) is 16.9 Å². The molecule has 0 atom stereocenters. The molecule has 0 saturated heterocycles. The lowest BCUT2D eigenvalue weighted by Gasteiger charge is -2.13. The van der Waals surface area contributed by atoms with Crippen molar-refractivity contribution in [3.05, 3.63) is 120 Å². The van der Waals surface area contributed by atoms with Crippen LogP contribution in [0, 0.1) is 5.82 Å². The first-order chi connectivity index (χ1) is 18.9. The van der Waals surface area contributed by atoms with Crippen molar-refractivity contribution in [2.75, 3.05) is 11.9 Å². The number of nitrogens with one attached hydrogen (secondary N) is 1. The molecule has 0 aliphatic heterocycles. The minimum atomic E-state index is -4.51. The van der Waals surface area contributed by atoms with E-state index in [9.17, 15) is 13.2 Å². The normalized spacial score (nSPS) is 11.6. The number of rotatable bonds is 8. The predicted octanol–water partition coefficient (Wildman–Crippen LogP) is 6.23. The van der Waals surface area contributed by atoms with Gasteiger partial charge in [-0.05, 0) is 61.0 Å². The number of halogens is 1.